The lowest BCUT2D eigenvalue weighted by Crippen LogP contribution is -2.50. The molecule has 0 saturated carbocycles. The number of hydrogen-bond donors (Lipinski definition) is 3. The van der Waals surface area contributed by atoms with Crippen molar-refractivity contribution in [3.05, 3.63) is 29.8 Å². The summed E-state index contributed by atoms with van der Waals surface area (Å²) in [5.41, 5.74) is 0.867. The van der Waals surface area contributed by atoms with Crippen molar-refractivity contribution >= 4 is 29.9 Å². The first kappa shape index (κ1) is 18.5. The van der Waals surface area contributed by atoms with Crippen molar-refractivity contribution in [3.63, 3.8) is 0 Å². The van der Waals surface area contributed by atoms with Crippen LogP contribution in [0.5, 0.6) is 0 Å². The maximum atomic E-state index is 12.4. The highest BCUT2D eigenvalue weighted by atomic mass is 35.5. The molecule has 1 aliphatic rings. The second kappa shape index (κ2) is 8.15. The summed E-state index contributed by atoms with van der Waals surface area (Å²) < 4.78 is 0. The minimum atomic E-state index is -0.446. The van der Waals surface area contributed by atoms with Crippen LogP contribution in [-0.4, -0.2) is 30.4 Å². The molecule has 0 aliphatic carbocycles. The van der Waals surface area contributed by atoms with Gasteiger partial charge in [-0.2, -0.15) is 0 Å². The van der Waals surface area contributed by atoms with Crippen LogP contribution in [0.4, 0.5) is 5.69 Å². The minimum Gasteiger partial charge on any atom is -0.352 e. The van der Waals surface area contributed by atoms with Gasteiger partial charge < -0.3 is 16.0 Å². The average molecular weight is 326 g/mol. The largest absolute Gasteiger partial charge is 0.352 e. The maximum Gasteiger partial charge on any atom is 0.251 e. The van der Waals surface area contributed by atoms with Gasteiger partial charge in [0.05, 0.1) is 5.54 Å². The Hall–Kier alpha value is -1.59. The van der Waals surface area contributed by atoms with Crippen molar-refractivity contribution < 1.29 is 9.59 Å². The Morgan fingerprint density at radius 2 is 1.91 bits per heavy atom. The monoisotopic (exact) mass is 325 g/mol. The summed E-state index contributed by atoms with van der Waals surface area (Å²) in [5, 5.41) is 9.00. The van der Waals surface area contributed by atoms with Gasteiger partial charge in [0.25, 0.3) is 5.91 Å². The average Bonchev–Trinajstić information content (AvgIpc) is 2.98. The SMILES string of the molecule is CCNC(=O)c1ccc(NC(=O)C2(CC)CCCN2)cc1.Cl. The third-order valence-electron chi connectivity index (χ3n) is 4.02. The molecule has 1 atom stereocenters. The molecule has 2 rings (SSSR count). The number of amides is 2. The van der Waals surface area contributed by atoms with Gasteiger partial charge in [-0.15, -0.1) is 12.4 Å². The van der Waals surface area contributed by atoms with Crippen LogP contribution in [0.25, 0.3) is 0 Å². The number of benzene rings is 1. The lowest BCUT2D eigenvalue weighted by atomic mass is 9.93. The van der Waals surface area contributed by atoms with Crippen molar-refractivity contribution in [3.8, 4) is 0 Å². The molecule has 0 aromatic heterocycles. The van der Waals surface area contributed by atoms with E-state index in [1.165, 1.54) is 0 Å². The van der Waals surface area contributed by atoms with Crippen molar-refractivity contribution in [2.75, 3.05) is 18.4 Å². The number of hydrogen-bond acceptors (Lipinski definition) is 3. The molecule has 3 N–H and O–H groups in total. The Morgan fingerprint density at radius 1 is 1.23 bits per heavy atom. The summed E-state index contributed by atoms with van der Waals surface area (Å²) >= 11 is 0. The van der Waals surface area contributed by atoms with Gasteiger partial charge >= 0.3 is 0 Å². The maximum absolute atomic E-state index is 12.4. The highest BCUT2D eigenvalue weighted by Gasteiger charge is 2.38. The number of rotatable bonds is 5. The van der Waals surface area contributed by atoms with Crippen molar-refractivity contribution in [1.82, 2.24) is 10.6 Å². The number of halogens is 1. The topological polar surface area (TPSA) is 70.2 Å². The van der Waals surface area contributed by atoms with Crippen LogP contribution in [-0.2, 0) is 4.79 Å². The fourth-order valence-electron chi connectivity index (χ4n) is 2.68. The van der Waals surface area contributed by atoms with E-state index in [1.54, 1.807) is 24.3 Å². The molecule has 0 bridgehead atoms. The van der Waals surface area contributed by atoms with Gasteiger partial charge in [-0.3, -0.25) is 9.59 Å². The van der Waals surface area contributed by atoms with Crippen LogP contribution in [0.1, 0.15) is 43.5 Å². The molecular formula is C16H24ClN3O2. The van der Waals surface area contributed by atoms with E-state index in [0.29, 0.717) is 12.1 Å². The molecule has 122 valence electrons. The molecule has 1 aliphatic heterocycles. The summed E-state index contributed by atoms with van der Waals surface area (Å²) in [4.78, 5) is 24.1. The number of carbonyl (C=O) groups is 2. The number of nitrogens with one attached hydrogen (secondary N) is 3. The van der Waals surface area contributed by atoms with Crippen LogP contribution in [0.2, 0.25) is 0 Å². The molecule has 1 fully saturated rings. The van der Waals surface area contributed by atoms with E-state index >= 15 is 0 Å². The molecule has 0 spiro atoms. The Balaban J connectivity index is 0.00000242. The van der Waals surface area contributed by atoms with E-state index in [0.717, 1.165) is 31.5 Å². The van der Waals surface area contributed by atoms with Gasteiger partial charge in [-0.25, -0.2) is 0 Å². The second-order valence-electron chi connectivity index (χ2n) is 5.36. The third-order valence-corrected chi connectivity index (χ3v) is 4.02. The molecule has 22 heavy (non-hydrogen) atoms. The van der Waals surface area contributed by atoms with E-state index in [-0.39, 0.29) is 24.2 Å². The van der Waals surface area contributed by atoms with E-state index in [1.807, 2.05) is 13.8 Å². The van der Waals surface area contributed by atoms with Gasteiger partial charge in [-0.05, 0) is 57.0 Å². The summed E-state index contributed by atoms with van der Waals surface area (Å²) in [6.45, 7) is 5.39. The van der Waals surface area contributed by atoms with E-state index in [4.69, 9.17) is 0 Å². The Kier molecular flexibility index (Phi) is 6.84. The van der Waals surface area contributed by atoms with Crippen molar-refractivity contribution in [2.45, 2.75) is 38.6 Å². The molecule has 0 radical (unpaired) electrons. The molecular weight excluding hydrogens is 302 g/mol. The second-order valence-corrected chi connectivity index (χ2v) is 5.36. The standard InChI is InChI=1S/C16H23N3O2.ClH/c1-3-16(10-5-11-18-16)15(21)19-13-8-6-12(7-9-13)14(20)17-4-2;/h6-9,18H,3-5,10-11H2,1-2H3,(H,17,20)(H,19,21);1H. The molecule has 5 nitrogen and oxygen atoms in total. The fraction of sp³-hybridized carbons (Fsp3) is 0.500. The molecule has 1 aromatic rings. The summed E-state index contributed by atoms with van der Waals surface area (Å²) in [6, 6.07) is 6.98. The molecule has 6 heteroatoms. The van der Waals surface area contributed by atoms with E-state index in [2.05, 4.69) is 16.0 Å². The predicted molar refractivity (Wildman–Crippen MR) is 90.6 cm³/mol. The number of carbonyl (C=O) groups excluding carboxylic acids is 2. The van der Waals surface area contributed by atoms with Gasteiger partial charge in [0.1, 0.15) is 0 Å². The fourth-order valence-corrected chi connectivity index (χ4v) is 2.68. The Labute approximate surface area is 137 Å². The normalized spacial score (nSPS) is 20.1. The van der Waals surface area contributed by atoms with E-state index in [9.17, 15) is 9.59 Å². The summed E-state index contributed by atoms with van der Waals surface area (Å²) in [7, 11) is 0. The van der Waals surface area contributed by atoms with Gasteiger partial charge in [-0.1, -0.05) is 6.92 Å². The van der Waals surface area contributed by atoms with Crippen molar-refractivity contribution in [2.24, 2.45) is 0 Å². The molecule has 2 amide bonds. The van der Waals surface area contributed by atoms with Crippen LogP contribution in [0.3, 0.4) is 0 Å². The minimum absolute atomic E-state index is 0. The molecule has 1 unspecified atom stereocenters. The molecule has 1 aromatic carbocycles. The molecule has 1 heterocycles. The zero-order valence-electron chi connectivity index (χ0n) is 13.1. The quantitative estimate of drug-likeness (QED) is 0.778. The first-order valence-electron chi connectivity index (χ1n) is 7.56. The lowest BCUT2D eigenvalue weighted by molar-refractivity contribution is -0.122. The van der Waals surface area contributed by atoms with Gasteiger partial charge in [0.15, 0.2) is 0 Å². The first-order valence-corrected chi connectivity index (χ1v) is 7.56. The predicted octanol–water partition coefficient (Wildman–Crippen LogP) is 2.33. The number of anilines is 1. The Morgan fingerprint density at radius 3 is 2.41 bits per heavy atom. The van der Waals surface area contributed by atoms with Crippen molar-refractivity contribution in [1.29, 1.82) is 0 Å². The zero-order chi connectivity index (χ0) is 15.3. The van der Waals surface area contributed by atoms with Gasteiger partial charge in [0.2, 0.25) is 5.91 Å². The molecule has 1 saturated heterocycles. The van der Waals surface area contributed by atoms with Crippen LogP contribution in [0.15, 0.2) is 24.3 Å². The highest BCUT2D eigenvalue weighted by molar-refractivity contribution is 5.99. The third kappa shape index (κ3) is 3.99. The van der Waals surface area contributed by atoms with E-state index < -0.39 is 5.54 Å². The lowest BCUT2D eigenvalue weighted by Gasteiger charge is -2.26. The summed E-state index contributed by atoms with van der Waals surface area (Å²) in [5.74, 6) is -0.0916. The van der Waals surface area contributed by atoms with Crippen LogP contribution < -0.4 is 16.0 Å². The Bertz CT molecular complexity index is 511. The summed E-state index contributed by atoms with van der Waals surface area (Å²) in [6.07, 6.45) is 2.67. The first-order chi connectivity index (χ1) is 10.1. The van der Waals surface area contributed by atoms with Gasteiger partial charge in [0, 0.05) is 17.8 Å². The van der Waals surface area contributed by atoms with Crippen LogP contribution in [0, 0.1) is 0 Å². The van der Waals surface area contributed by atoms with Crippen LogP contribution >= 0.6 is 12.4 Å². The smallest absolute Gasteiger partial charge is 0.251 e. The highest BCUT2D eigenvalue weighted by Crippen LogP contribution is 2.25. The zero-order valence-corrected chi connectivity index (χ0v) is 13.9.